The van der Waals surface area contributed by atoms with Crippen molar-refractivity contribution in [2.75, 3.05) is 0 Å². The standard InChI is InChI=1S/C14H23FN2/c1-5-7-8-9-14(4,6-2)12-11(3)10-16-13(15)17-12/h10H,5-9H2,1-4H3. The first-order valence-corrected chi connectivity index (χ1v) is 6.53. The molecule has 17 heavy (non-hydrogen) atoms. The van der Waals surface area contributed by atoms with Gasteiger partial charge in [0.25, 0.3) is 0 Å². The number of rotatable bonds is 6. The monoisotopic (exact) mass is 238 g/mol. The lowest BCUT2D eigenvalue weighted by molar-refractivity contribution is 0.375. The predicted molar refractivity (Wildman–Crippen MR) is 68.5 cm³/mol. The van der Waals surface area contributed by atoms with Gasteiger partial charge >= 0.3 is 6.08 Å². The van der Waals surface area contributed by atoms with E-state index in [-0.39, 0.29) is 5.41 Å². The third kappa shape index (κ3) is 3.48. The van der Waals surface area contributed by atoms with Gasteiger partial charge in [0.15, 0.2) is 0 Å². The lowest BCUT2D eigenvalue weighted by atomic mass is 9.77. The van der Waals surface area contributed by atoms with Crippen molar-refractivity contribution in [3.05, 3.63) is 23.5 Å². The summed E-state index contributed by atoms with van der Waals surface area (Å²) in [6.45, 7) is 8.48. The average Bonchev–Trinajstić information content (AvgIpc) is 2.32. The molecule has 0 saturated heterocycles. The van der Waals surface area contributed by atoms with Gasteiger partial charge in [-0.05, 0) is 25.3 Å². The van der Waals surface area contributed by atoms with Gasteiger partial charge in [-0.1, -0.05) is 40.0 Å². The molecule has 0 aliphatic heterocycles. The van der Waals surface area contributed by atoms with E-state index in [0.717, 1.165) is 24.1 Å². The van der Waals surface area contributed by atoms with Crippen molar-refractivity contribution in [3.8, 4) is 0 Å². The van der Waals surface area contributed by atoms with Gasteiger partial charge in [-0.25, -0.2) is 9.97 Å². The van der Waals surface area contributed by atoms with Crippen molar-refractivity contribution >= 4 is 0 Å². The number of aryl methyl sites for hydroxylation is 1. The van der Waals surface area contributed by atoms with E-state index < -0.39 is 6.08 Å². The van der Waals surface area contributed by atoms with Crippen LogP contribution in [0.4, 0.5) is 4.39 Å². The van der Waals surface area contributed by atoms with Gasteiger partial charge in [0.1, 0.15) is 0 Å². The fourth-order valence-electron chi connectivity index (χ4n) is 2.26. The Morgan fingerprint density at radius 1 is 1.29 bits per heavy atom. The molecule has 0 aliphatic carbocycles. The van der Waals surface area contributed by atoms with Crippen molar-refractivity contribution in [2.24, 2.45) is 0 Å². The Balaban J connectivity index is 2.94. The Morgan fingerprint density at radius 3 is 2.59 bits per heavy atom. The van der Waals surface area contributed by atoms with Gasteiger partial charge in [0.05, 0.1) is 5.69 Å². The van der Waals surface area contributed by atoms with Crippen molar-refractivity contribution in [1.29, 1.82) is 0 Å². The van der Waals surface area contributed by atoms with Crippen molar-refractivity contribution in [2.45, 2.75) is 65.2 Å². The minimum absolute atomic E-state index is 0.0248. The first-order valence-electron chi connectivity index (χ1n) is 6.53. The van der Waals surface area contributed by atoms with E-state index in [0.29, 0.717) is 0 Å². The fourth-order valence-corrected chi connectivity index (χ4v) is 2.26. The van der Waals surface area contributed by atoms with Crippen molar-refractivity contribution in [1.82, 2.24) is 9.97 Å². The Kier molecular flexibility index (Phi) is 5.03. The van der Waals surface area contributed by atoms with Crippen LogP contribution < -0.4 is 0 Å². The molecule has 0 radical (unpaired) electrons. The maximum absolute atomic E-state index is 13.2. The molecule has 1 aromatic rings. The molecule has 0 spiro atoms. The topological polar surface area (TPSA) is 25.8 Å². The first-order chi connectivity index (χ1) is 8.03. The highest BCUT2D eigenvalue weighted by Crippen LogP contribution is 2.33. The molecule has 2 nitrogen and oxygen atoms in total. The fraction of sp³-hybridized carbons (Fsp3) is 0.714. The summed E-state index contributed by atoms with van der Waals surface area (Å²) in [5.41, 5.74) is 1.85. The molecule has 3 heteroatoms. The lowest BCUT2D eigenvalue weighted by Gasteiger charge is -2.29. The number of hydrogen-bond acceptors (Lipinski definition) is 2. The van der Waals surface area contributed by atoms with E-state index in [1.54, 1.807) is 6.20 Å². The normalized spacial score (nSPS) is 14.6. The minimum atomic E-state index is -0.610. The zero-order valence-electron chi connectivity index (χ0n) is 11.4. The lowest BCUT2D eigenvalue weighted by Crippen LogP contribution is -2.24. The number of halogens is 1. The zero-order valence-corrected chi connectivity index (χ0v) is 11.4. The molecule has 0 N–H and O–H groups in total. The quantitative estimate of drug-likeness (QED) is 0.549. The largest absolute Gasteiger partial charge is 0.308 e. The second-order valence-corrected chi connectivity index (χ2v) is 5.04. The minimum Gasteiger partial charge on any atom is -0.211 e. The highest BCUT2D eigenvalue weighted by molar-refractivity contribution is 5.23. The third-order valence-electron chi connectivity index (χ3n) is 3.63. The Bertz CT molecular complexity index is 365. The van der Waals surface area contributed by atoms with E-state index in [1.165, 1.54) is 19.3 Å². The van der Waals surface area contributed by atoms with Crippen LogP contribution in [0.5, 0.6) is 0 Å². The predicted octanol–water partition coefficient (Wildman–Crippen LogP) is 4.17. The van der Waals surface area contributed by atoms with Crippen LogP contribution in [0.3, 0.4) is 0 Å². The van der Waals surface area contributed by atoms with Crippen LogP contribution in [0.25, 0.3) is 0 Å². The molecular formula is C14H23FN2. The SMILES string of the molecule is CCCCCC(C)(CC)c1nc(F)ncc1C. The van der Waals surface area contributed by atoms with Gasteiger partial charge in [0, 0.05) is 11.6 Å². The Morgan fingerprint density at radius 2 is 2.00 bits per heavy atom. The van der Waals surface area contributed by atoms with Gasteiger partial charge in [0.2, 0.25) is 0 Å². The van der Waals surface area contributed by atoms with Crippen molar-refractivity contribution < 1.29 is 4.39 Å². The smallest absolute Gasteiger partial charge is 0.211 e. The molecule has 96 valence electrons. The van der Waals surface area contributed by atoms with Gasteiger partial charge in [-0.3, -0.25) is 0 Å². The molecule has 1 unspecified atom stereocenters. The molecule has 1 atom stereocenters. The first kappa shape index (κ1) is 14.1. The molecule has 0 saturated carbocycles. The maximum Gasteiger partial charge on any atom is 0.308 e. The number of aromatic nitrogens is 2. The second-order valence-electron chi connectivity index (χ2n) is 5.04. The van der Waals surface area contributed by atoms with E-state index in [4.69, 9.17) is 0 Å². The van der Waals surface area contributed by atoms with Crippen LogP contribution in [-0.2, 0) is 5.41 Å². The molecular weight excluding hydrogens is 215 g/mol. The van der Waals surface area contributed by atoms with Crippen LogP contribution >= 0.6 is 0 Å². The van der Waals surface area contributed by atoms with Crippen LogP contribution in [0.1, 0.15) is 64.1 Å². The summed E-state index contributed by atoms with van der Waals surface area (Å²) in [7, 11) is 0. The third-order valence-corrected chi connectivity index (χ3v) is 3.63. The molecule has 1 aromatic heterocycles. The molecule has 1 heterocycles. The summed E-state index contributed by atoms with van der Waals surface area (Å²) in [6.07, 6.45) is 6.62. The van der Waals surface area contributed by atoms with E-state index in [9.17, 15) is 4.39 Å². The van der Waals surface area contributed by atoms with Crippen LogP contribution in [0.2, 0.25) is 0 Å². The molecule has 0 aliphatic rings. The summed E-state index contributed by atoms with van der Waals surface area (Å²) < 4.78 is 13.2. The maximum atomic E-state index is 13.2. The number of unbranched alkanes of at least 4 members (excludes halogenated alkanes) is 2. The highest BCUT2D eigenvalue weighted by Gasteiger charge is 2.28. The van der Waals surface area contributed by atoms with E-state index in [1.807, 2.05) is 6.92 Å². The highest BCUT2D eigenvalue weighted by atomic mass is 19.1. The average molecular weight is 238 g/mol. The van der Waals surface area contributed by atoms with E-state index in [2.05, 4.69) is 30.7 Å². The molecule has 0 aromatic carbocycles. The molecule has 0 amide bonds. The molecule has 0 bridgehead atoms. The summed E-state index contributed by atoms with van der Waals surface area (Å²) >= 11 is 0. The van der Waals surface area contributed by atoms with Gasteiger partial charge < -0.3 is 0 Å². The van der Waals surface area contributed by atoms with Gasteiger partial charge in [-0.15, -0.1) is 0 Å². The molecule has 1 rings (SSSR count). The summed E-state index contributed by atoms with van der Waals surface area (Å²) in [5.74, 6) is 0. The molecule has 0 fully saturated rings. The van der Waals surface area contributed by atoms with Gasteiger partial charge in [-0.2, -0.15) is 4.39 Å². The van der Waals surface area contributed by atoms with E-state index >= 15 is 0 Å². The summed E-state index contributed by atoms with van der Waals surface area (Å²) in [5, 5.41) is 0. The number of hydrogen-bond donors (Lipinski definition) is 0. The van der Waals surface area contributed by atoms with Crippen LogP contribution in [0.15, 0.2) is 6.20 Å². The summed E-state index contributed by atoms with van der Waals surface area (Å²) in [4.78, 5) is 7.62. The Labute approximate surface area is 104 Å². The summed E-state index contributed by atoms with van der Waals surface area (Å²) in [6, 6.07) is 0. The Hall–Kier alpha value is -0.990. The van der Waals surface area contributed by atoms with Crippen LogP contribution in [0, 0.1) is 13.0 Å². The zero-order chi connectivity index (χ0) is 12.9. The number of nitrogens with zero attached hydrogens (tertiary/aromatic N) is 2. The second kappa shape index (κ2) is 6.08. The van der Waals surface area contributed by atoms with Crippen LogP contribution in [-0.4, -0.2) is 9.97 Å². The van der Waals surface area contributed by atoms with Crippen molar-refractivity contribution in [3.63, 3.8) is 0 Å².